The van der Waals surface area contributed by atoms with Crippen molar-refractivity contribution in [3.8, 4) is 0 Å². The van der Waals surface area contributed by atoms with Crippen molar-refractivity contribution >= 4 is 0 Å². The molecule has 0 aromatic rings. The van der Waals surface area contributed by atoms with E-state index >= 15 is 0 Å². The first-order valence-electron chi connectivity index (χ1n) is 6.09. The van der Waals surface area contributed by atoms with Crippen LogP contribution in [0.25, 0.3) is 0 Å². The summed E-state index contributed by atoms with van der Waals surface area (Å²) in [6, 6.07) is 0. The van der Waals surface area contributed by atoms with Crippen LogP contribution >= 0.6 is 0 Å². The number of rotatable bonds is 9. The van der Waals surface area contributed by atoms with Crippen molar-refractivity contribution < 1.29 is 0 Å². The lowest BCUT2D eigenvalue weighted by Gasteiger charge is -2.03. The standard InChI is InChI=1S/C13H27/c1-4-5-6-7-8-9-10-11-12-13(2)3/h8,13H,4-7,9-12H2,1-3H3. The molecule has 0 bridgehead atoms. The molecule has 0 unspecified atom stereocenters. The second-order valence-electron chi connectivity index (χ2n) is 4.46. The molecule has 0 heterocycles. The molecule has 0 saturated carbocycles. The first-order chi connectivity index (χ1) is 6.27. The van der Waals surface area contributed by atoms with Crippen molar-refractivity contribution in [1.82, 2.24) is 0 Å². The molecule has 0 amide bonds. The molecule has 1 radical (unpaired) electrons. The zero-order valence-corrected chi connectivity index (χ0v) is 9.81. The van der Waals surface area contributed by atoms with Gasteiger partial charge in [0.15, 0.2) is 0 Å². The highest BCUT2D eigenvalue weighted by Gasteiger charge is 1.94. The Balaban J connectivity index is 2.84. The maximum absolute atomic E-state index is 2.48. The van der Waals surface area contributed by atoms with Gasteiger partial charge in [-0.05, 0) is 12.3 Å². The quantitative estimate of drug-likeness (QED) is 0.442. The average Bonchev–Trinajstić information content (AvgIpc) is 2.09. The predicted octanol–water partition coefficient (Wildman–Crippen LogP) is 4.99. The van der Waals surface area contributed by atoms with Crippen LogP contribution in [0.1, 0.15) is 72.1 Å². The lowest BCUT2D eigenvalue weighted by Crippen LogP contribution is -1.87. The summed E-state index contributed by atoms with van der Waals surface area (Å²) in [6.45, 7) is 6.89. The van der Waals surface area contributed by atoms with Gasteiger partial charge in [-0.15, -0.1) is 0 Å². The summed E-state index contributed by atoms with van der Waals surface area (Å²) >= 11 is 0. The molecule has 0 aliphatic carbocycles. The molecule has 13 heavy (non-hydrogen) atoms. The highest BCUT2D eigenvalue weighted by Crippen LogP contribution is 2.11. The van der Waals surface area contributed by atoms with E-state index in [9.17, 15) is 0 Å². The fraction of sp³-hybridized carbons (Fsp3) is 0.923. The van der Waals surface area contributed by atoms with Crippen LogP contribution in [0.2, 0.25) is 0 Å². The minimum atomic E-state index is 0.889. The fourth-order valence-corrected chi connectivity index (χ4v) is 1.52. The van der Waals surface area contributed by atoms with Crippen LogP contribution in [-0.4, -0.2) is 0 Å². The molecular formula is C13H27. The van der Waals surface area contributed by atoms with Crippen molar-refractivity contribution in [3.05, 3.63) is 6.42 Å². The van der Waals surface area contributed by atoms with Crippen LogP contribution in [0.5, 0.6) is 0 Å². The monoisotopic (exact) mass is 183 g/mol. The number of hydrogen-bond donors (Lipinski definition) is 0. The van der Waals surface area contributed by atoms with Gasteiger partial charge in [-0.3, -0.25) is 0 Å². The third-order valence-corrected chi connectivity index (χ3v) is 2.45. The maximum atomic E-state index is 2.48. The van der Waals surface area contributed by atoms with Crippen LogP contribution in [0.3, 0.4) is 0 Å². The van der Waals surface area contributed by atoms with Crippen molar-refractivity contribution in [3.63, 3.8) is 0 Å². The zero-order valence-electron chi connectivity index (χ0n) is 9.81. The Bertz CT molecular complexity index is 84.0. The van der Waals surface area contributed by atoms with Crippen LogP contribution < -0.4 is 0 Å². The Morgan fingerprint density at radius 1 is 0.923 bits per heavy atom. The second kappa shape index (κ2) is 10.1. The summed E-state index contributed by atoms with van der Waals surface area (Å²) < 4.78 is 0. The average molecular weight is 183 g/mol. The van der Waals surface area contributed by atoms with E-state index in [-0.39, 0.29) is 0 Å². The molecular weight excluding hydrogens is 156 g/mol. The molecule has 0 N–H and O–H groups in total. The van der Waals surface area contributed by atoms with Crippen molar-refractivity contribution in [2.24, 2.45) is 5.92 Å². The summed E-state index contributed by atoms with van der Waals surface area (Å²) in [5.74, 6) is 0.889. The normalized spacial score (nSPS) is 11.1. The topological polar surface area (TPSA) is 0 Å². The van der Waals surface area contributed by atoms with Crippen molar-refractivity contribution in [2.45, 2.75) is 72.1 Å². The minimum Gasteiger partial charge on any atom is -0.0654 e. The summed E-state index contributed by atoms with van der Waals surface area (Å²) in [5.41, 5.74) is 0. The molecule has 0 aromatic carbocycles. The van der Waals surface area contributed by atoms with E-state index in [1.165, 1.54) is 51.4 Å². The third kappa shape index (κ3) is 12.0. The van der Waals surface area contributed by atoms with Crippen LogP contribution in [0, 0.1) is 12.3 Å². The molecule has 0 aliphatic heterocycles. The maximum Gasteiger partial charge on any atom is -0.0386 e. The lowest BCUT2D eigenvalue weighted by atomic mass is 10.0. The molecule has 0 heteroatoms. The van der Waals surface area contributed by atoms with Crippen molar-refractivity contribution in [1.29, 1.82) is 0 Å². The van der Waals surface area contributed by atoms with Gasteiger partial charge in [-0.25, -0.2) is 0 Å². The summed E-state index contributed by atoms with van der Waals surface area (Å²) in [6.07, 6.45) is 13.6. The summed E-state index contributed by atoms with van der Waals surface area (Å²) in [7, 11) is 0. The fourth-order valence-electron chi connectivity index (χ4n) is 1.52. The molecule has 0 spiro atoms. The van der Waals surface area contributed by atoms with Gasteiger partial charge >= 0.3 is 0 Å². The van der Waals surface area contributed by atoms with Gasteiger partial charge in [0, 0.05) is 0 Å². The molecule has 0 aliphatic rings. The van der Waals surface area contributed by atoms with Crippen LogP contribution in [0.15, 0.2) is 0 Å². The molecule has 0 rings (SSSR count). The third-order valence-electron chi connectivity index (χ3n) is 2.45. The van der Waals surface area contributed by atoms with Gasteiger partial charge in [0.25, 0.3) is 0 Å². The first kappa shape index (κ1) is 13.0. The van der Waals surface area contributed by atoms with Gasteiger partial charge < -0.3 is 0 Å². The van der Waals surface area contributed by atoms with E-state index in [0.29, 0.717) is 0 Å². The van der Waals surface area contributed by atoms with Gasteiger partial charge in [-0.2, -0.15) is 0 Å². The smallest absolute Gasteiger partial charge is 0.0386 e. The van der Waals surface area contributed by atoms with Crippen LogP contribution in [0.4, 0.5) is 0 Å². The predicted molar refractivity (Wildman–Crippen MR) is 61.7 cm³/mol. The molecule has 0 atom stereocenters. The Labute approximate surface area is 85.1 Å². The van der Waals surface area contributed by atoms with E-state index in [0.717, 1.165) is 5.92 Å². The molecule has 0 fully saturated rings. The Kier molecular flexibility index (Phi) is 10.1. The van der Waals surface area contributed by atoms with Gasteiger partial charge in [0.1, 0.15) is 0 Å². The van der Waals surface area contributed by atoms with E-state index in [2.05, 4.69) is 27.2 Å². The van der Waals surface area contributed by atoms with Crippen LogP contribution in [-0.2, 0) is 0 Å². The lowest BCUT2D eigenvalue weighted by molar-refractivity contribution is 0.532. The molecule has 0 nitrogen and oxygen atoms in total. The molecule has 0 aromatic heterocycles. The highest BCUT2D eigenvalue weighted by molar-refractivity contribution is 4.64. The SMILES string of the molecule is CCCCC[CH]CCCCC(C)C. The van der Waals surface area contributed by atoms with Crippen molar-refractivity contribution in [2.75, 3.05) is 0 Å². The van der Waals surface area contributed by atoms with E-state index < -0.39 is 0 Å². The Morgan fingerprint density at radius 3 is 2.08 bits per heavy atom. The Hall–Kier alpha value is 0. The van der Waals surface area contributed by atoms with Gasteiger partial charge in [0.2, 0.25) is 0 Å². The minimum absolute atomic E-state index is 0.889. The first-order valence-corrected chi connectivity index (χ1v) is 6.09. The van der Waals surface area contributed by atoms with E-state index in [4.69, 9.17) is 0 Å². The largest absolute Gasteiger partial charge is 0.0654 e. The molecule has 79 valence electrons. The summed E-state index contributed by atoms with van der Waals surface area (Å²) in [4.78, 5) is 0. The second-order valence-corrected chi connectivity index (χ2v) is 4.46. The van der Waals surface area contributed by atoms with E-state index in [1.54, 1.807) is 0 Å². The summed E-state index contributed by atoms with van der Waals surface area (Å²) in [5, 5.41) is 0. The Morgan fingerprint density at radius 2 is 1.54 bits per heavy atom. The van der Waals surface area contributed by atoms with E-state index in [1.807, 2.05) is 0 Å². The number of hydrogen-bond acceptors (Lipinski definition) is 0. The van der Waals surface area contributed by atoms with Gasteiger partial charge in [0.05, 0.1) is 0 Å². The zero-order chi connectivity index (χ0) is 9.94. The highest BCUT2D eigenvalue weighted by atomic mass is 14.0. The number of unbranched alkanes of at least 4 members (excludes halogenated alkanes) is 7. The van der Waals surface area contributed by atoms with Gasteiger partial charge in [-0.1, -0.05) is 72.1 Å². The molecule has 0 saturated heterocycles.